The average Bonchev–Trinajstić information content (AvgIpc) is 3.05. The molecule has 0 saturated heterocycles. The van der Waals surface area contributed by atoms with Crippen molar-refractivity contribution in [3.05, 3.63) is 69.3 Å². The quantitative estimate of drug-likeness (QED) is 0.575. The van der Waals surface area contributed by atoms with Gasteiger partial charge in [-0.1, -0.05) is 18.2 Å². The molecule has 1 amide bonds. The van der Waals surface area contributed by atoms with E-state index in [1.807, 2.05) is 32.0 Å². The molecule has 0 spiro atoms. The summed E-state index contributed by atoms with van der Waals surface area (Å²) >= 11 is 0. The van der Waals surface area contributed by atoms with Crippen molar-refractivity contribution in [2.45, 2.75) is 13.8 Å². The van der Waals surface area contributed by atoms with Gasteiger partial charge in [0.05, 0.1) is 4.92 Å². The lowest BCUT2D eigenvalue weighted by Crippen LogP contribution is -2.13. The lowest BCUT2D eigenvalue weighted by molar-refractivity contribution is -0.384. The van der Waals surface area contributed by atoms with Crippen LogP contribution in [0.2, 0.25) is 0 Å². The number of carbonyl (C=O) groups is 1. The molecule has 3 rings (SSSR count). The van der Waals surface area contributed by atoms with Gasteiger partial charge in [0.25, 0.3) is 11.6 Å². The number of amides is 1. The van der Waals surface area contributed by atoms with Gasteiger partial charge in [-0.05, 0) is 47.4 Å². The first-order valence-corrected chi connectivity index (χ1v) is 7.41. The van der Waals surface area contributed by atoms with Crippen molar-refractivity contribution in [3.63, 3.8) is 0 Å². The summed E-state index contributed by atoms with van der Waals surface area (Å²) in [5, 5.41) is 21.0. The number of aryl methyl sites for hydroxylation is 2. The number of rotatable bonds is 4. The molecule has 0 saturated carbocycles. The summed E-state index contributed by atoms with van der Waals surface area (Å²) in [6, 6.07) is 11.1. The molecular weight excluding hydrogens is 324 g/mol. The van der Waals surface area contributed by atoms with Gasteiger partial charge in [-0.25, -0.2) is 4.63 Å². The van der Waals surface area contributed by atoms with E-state index >= 15 is 0 Å². The molecule has 0 unspecified atom stereocenters. The summed E-state index contributed by atoms with van der Waals surface area (Å²) in [6.45, 7) is 3.96. The number of hydrogen-bond donors (Lipinski definition) is 1. The minimum absolute atomic E-state index is 0.142. The van der Waals surface area contributed by atoms with Gasteiger partial charge in [-0.3, -0.25) is 14.9 Å². The maximum Gasteiger partial charge on any atom is 0.270 e. The van der Waals surface area contributed by atoms with Crippen LogP contribution in [0.1, 0.15) is 21.5 Å². The molecule has 8 heteroatoms. The molecule has 126 valence electrons. The fourth-order valence-corrected chi connectivity index (χ4v) is 2.29. The summed E-state index contributed by atoms with van der Waals surface area (Å²) in [7, 11) is 0. The third kappa shape index (κ3) is 3.37. The van der Waals surface area contributed by atoms with Crippen molar-refractivity contribution >= 4 is 17.4 Å². The highest BCUT2D eigenvalue weighted by Crippen LogP contribution is 2.26. The van der Waals surface area contributed by atoms with Crippen molar-refractivity contribution in [2.75, 3.05) is 5.32 Å². The fourth-order valence-electron chi connectivity index (χ4n) is 2.29. The Morgan fingerprint density at radius 1 is 1.12 bits per heavy atom. The molecule has 1 heterocycles. The zero-order valence-corrected chi connectivity index (χ0v) is 13.5. The molecule has 0 aliphatic carbocycles. The number of nitrogens with zero attached hydrogens (tertiary/aromatic N) is 3. The van der Waals surface area contributed by atoms with Gasteiger partial charge >= 0.3 is 0 Å². The topological polar surface area (TPSA) is 111 Å². The highest BCUT2D eigenvalue weighted by atomic mass is 16.6. The summed E-state index contributed by atoms with van der Waals surface area (Å²) in [4.78, 5) is 22.6. The summed E-state index contributed by atoms with van der Waals surface area (Å²) < 4.78 is 4.75. The number of anilines is 1. The van der Waals surface area contributed by atoms with E-state index in [1.165, 1.54) is 24.3 Å². The molecular formula is C17H14N4O4. The normalized spacial score (nSPS) is 10.5. The number of non-ortho nitro benzene ring substituents is 1. The lowest BCUT2D eigenvalue weighted by Gasteiger charge is -2.05. The van der Waals surface area contributed by atoms with Crippen LogP contribution in [0.4, 0.5) is 11.5 Å². The monoisotopic (exact) mass is 338 g/mol. The Labute approximate surface area is 142 Å². The number of nitrogens with one attached hydrogen (secondary N) is 1. The lowest BCUT2D eigenvalue weighted by atomic mass is 10.0. The van der Waals surface area contributed by atoms with Crippen LogP contribution >= 0.6 is 0 Å². The van der Waals surface area contributed by atoms with Gasteiger partial charge in [0, 0.05) is 23.3 Å². The minimum Gasteiger partial charge on any atom is -0.302 e. The molecule has 0 aliphatic heterocycles. The van der Waals surface area contributed by atoms with Crippen LogP contribution in [-0.4, -0.2) is 21.1 Å². The predicted octanol–water partition coefficient (Wildman–Crippen LogP) is 3.51. The van der Waals surface area contributed by atoms with Crippen LogP contribution in [0.5, 0.6) is 0 Å². The van der Waals surface area contributed by atoms with Crippen molar-refractivity contribution in [1.29, 1.82) is 0 Å². The molecule has 0 radical (unpaired) electrons. The zero-order valence-electron chi connectivity index (χ0n) is 13.5. The van der Waals surface area contributed by atoms with E-state index in [9.17, 15) is 14.9 Å². The zero-order chi connectivity index (χ0) is 18.0. The van der Waals surface area contributed by atoms with Crippen LogP contribution in [0.15, 0.2) is 47.1 Å². The Morgan fingerprint density at radius 2 is 1.92 bits per heavy atom. The predicted molar refractivity (Wildman–Crippen MR) is 90.3 cm³/mol. The highest BCUT2D eigenvalue weighted by Gasteiger charge is 2.18. The Kier molecular flexibility index (Phi) is 4.25. The van der Waals surface area contributed by atoms with Crippen LogP contribution in [0, 0.1) is 24.0 Å². The molecule has 2 aromatic carbocycles. The Morgan fingerprint density at radius 3 is 2.64 bits per heavy atom. The standard InChI is InChI=1S/C17H14N4O4/c1-10-6-7-12(8-11(10)2)15-16(20-25-19-15)18-17(22)13-4-3-5-14(9-13)21(23)24/h3-9H,1-2H3,(H,18,20,22). The van der Waals surface area contributed by atoms with E-state index in [4.69, 9.17) is 4.63 Å². The number of benzene rings is 2. The van der Waals surface area contributed by atoms with Gasteiger partial charge in [0.15, 0.2) is 5.69 Å². The van der Waals surface area contributed by atoms with Gasteiger partial charge in [0.1, 0.15) is 0 Å². The summed E-state index contributed by atoms with van der Waals surface area (Å²) in [5.41, 5.74) is 3.31. The maximum absolute atomic E-state index is 12.3. The molecule has 1 N–H and O–H groups in total. The first kappa shape index (κ1) is 16.3. The molecule has 0 fully saturated rings. The summed E-state index contributed by atoms with van der Waals surface area (Å²) in [6.07, 6.45) is 0. The van der Waals surface area contributed by atoms with E-state index < -0.39 is 10.8 Å². The Balaban J connectivity index is 1.88. The van der Waals surface area contributed by atoms with Crippen LogP contribution < -0.4 is 5.32 Å². The maximum atomic E-state index is 12.3. The van der Waals surface area contributed by atoms with Gasteiger partial charge in [-0.2, -0.15) is 0 Å². The smallest absolute Gasteiger partial charge is 0.270 e. The molecule has 8 nitrogen and oxygen atoms in total. The largest absolute Gasteiger partial charge is 0.302 e. The minimum atomic E-state index is -0.561. The molecule has 0 aliphatic rings. The number of aromatic nitrogens is 2. The van der Waals surface area contributed by atoms with E-state index in [1.54, 1.807) is 0 Å². The van der Waals surface area contributed by atoms with Crippen LogP contribution in [0.25, 0.3) is 11.3 Å². The van der Waals surface area contributed by atoms with Crippen molar-refractivity contribution < 1.29 is 14.3 Å². The van der Waals surface area contributed by atoms with Gasteiger partial charge in [0.2, 0.25) is 5.82 Å². The first-order valence-electron chi connectivity index (χ1n) is 7.41. The number of nitro benzene ring substituents is 1. The Hall–Kier alpha value is -3.55. The first-order chi connectivity index (χ1) is 12.0. The fraction of sp³-hybridized carbons (Fsp3) is 0.118. The van der Waals surface area contributed by atoms with Gasteiger partial charge in [-0.15, -0.1) is 0 Å². The van der Waals surface area contributed by atoms with E-state index in [0.717, 1.165) is 16.7 Å². The van der Waals surface area contributed by atoms with Crippen molar-refractivity contribution in [1.82, 2.24) is 10.3 Å². The Bertz CT molecular complexity index is 965. The highest BCUT2D eigenvalue weighted by molar-refractivity contribution is 6.05. The van der Waals surface area contributed by atoms with Crippen LogP contribution in [0.3, 0.4) is 0 Å². The number of carbonyl (C=O) groups excluding carboxylic acids is 1. The van der Waals surface area contributed by atoms with E-state index in [0.29, 0.717) is 5.69 Å². The van der Waals surface area contributed by atoms with Gasteiger partial charge < -0.3 is 5.32 Å². The second-order valence-corrected chi connectivity index (χ2v) is 5.52. The van der Waals surface area contributed by atoms with E-state index in [2.05, 4.69) is 15.6 Å². The molecule has 0 atom stereocenters. The summed E-state index contributed by atoms with van der Waals surface area (Å²) in [5.74, 6) is -0.385. The third-order valence-corrected chi connectivity index (χ3v) is 3.82. The van der Waals surface area contributed by atoms with E-state index in [-0.39, 0.29) is 17.1 Å². The number of nitro groups is 1. The second-order valence-electron chi connectivity index (χ2n) is 5.52. The third-order valence-electron chi connectivity index (χ3n) is 3.82. The second kappa shape index (κ2) is 6.52. The number of hydrogen-bond acceptors (Lipinski definition) is 6. The van der Waals surface area contributed by atoms with Crippen LogP contribution in [-0.2, 0) is 0 Å². The average molecular weight is 338 g/mol. The molecule has 25 heavy (non-hydrogen) atoms. The SMILES string of the molecule is Cc1ccc(-c2nonc2NC(=O)c2cccc([N+](=O)[O-])c2)cc1C. The molecule has 0 bridgehead atoms. The molecule has 3 aromatic rings. The molecule has 1 aromatic heterocycles. The van der Waals surface area contributed by atoms with Crippen molar-refractivity contribution in [2.24, 2.45) is 0 Å². The van der Waals surface area contributed by atoms with Crippen molar-refractivity contribution in [3.8, 4) is 11.3 Å².